The molecule has 2 nitrogen and oxygen atoms in total. The van der Waals surface area contributed by atoms with E-state index in [1.165, 1.54) is 13.0 Å². The molecular weight excluding hydrogens is 195 g/mol. The number of phenolic OH excluding ortho intramolecular Hbond substituents is 1. The molecule has 0 bridgehead atoms. The lowest BCUT2D eigenvalue weighted by atomic mass is 10.1. The molecule has 1 atom stereocenters. The molecule has 0 aromatic heterocycles. The molecule has 0 aliphatic heterocycles. The average molecular weight is 203 g/mol. The molecule has 0 spiro atoms. The minimum absolute atomic E-state index is 0.106. The van der Waals surface area contributed by atoms with Crippen LogP contribution >= 0.6 is 11.6 Å². The fraction of sp³-hybridized carbons (Fsp3) is 0.222. The van der Waals surface area contributed by atoms with Gasteiger partial charge in [-0.1, -0.05) is 0 Å². The van der Waals surface area contributed by atoms with E-state index in [1.807, 2.05) is 0 Å². The monoisotopic (exact) mass is 202 g/mol. The summed E-state index contributed by atoms with van der Waals surface area (Å²) in [7, 11) is 0. The van der Waals surface area contributed by atoms with Crippen molar-refractivity contribution in [1.29, 1.82) is 0 Å². The third kappa shape index (κ3) is 2.18. The van der Waals surface area contributed by atoms with Crippen LogP contribution in [0.1, 0.15) is 17.9 Å². The molecule has 1 N–H and O–H groups in total. The van der Waals surface area contributed by atoms with Gasteiger partial charge in [-0.3, -0.25) is 4.79 Å². The molecular formula is C9H8ClFO2. The van der Waals surface area contributed by atoms with Crippen LogP contribution in [-0.4, -0.2) is 10.9 Å². The van der Waals surface area contributed by atoms with Crippen LogP contribution in [0.5, 0.6) is 5.75 Å². The summed E-state index contributed by atoms with van der Waals surface area (Å²) in [5, 5.41) is 8.26. The van der Waals surface area contributed by atoms with Gasteiger partial charge in [0.15, 0.2) is 5.78 Å². The van der Waals surface area contributed by atoms with Gasteiger partial charge in [0.1, 0.15) is 16.9 Å². The van der Waals surface area contributed by atoms with Gasteiger partial charge in [-0.25, -0.2) is 4.39 Å². The van der Waals surface area contributed by atoms with Gasteiger partial charge in [0, 0.05) is 5.56 Å². The van der Waals surface area contributed by atoms with Crippen molar-refractivity contribution in [2.24, 2.45) is 0 Å². The standard InChI is InChI=1S/C9H8ClFO2/c1-5(12)9(10)7-4-6(11)2-3-8(7)13/h2-4,9,13H,1H3. The van der Waals surface area contributed by atoms with Crippen LogP contribution in [0.2, 0.25) is 0 Å². The van der Waals surface area contributed by atoms with E-state index in [9.17, 15) is 14.3 Å². The summed E-state index contributed by atoms with van der Waals surface area (Å²) in [6.45, 7) is 1.28. The molecule has 4 heteroatoms. The molecule has 0 radical (unpaired) electrons. The topological polar surface area (TPSA) is 37.3 Å². The minimum atomic E-state index is -0.990. The highest BCUT2D eigenvalue weighted by atomic mass is 35.5. The maximum absolute atomic E-state index is 12.7. The molecule has 1 aromatic carbocycles. The molecule has 0 heterocycles. The molecule has 13 heavy (non-hydrogen) atoms. The second kappa shape index (κ2) is 3.75. The molecule has 70 valence electrons. The summed E-state index contributed by atoms with van der Waals surface area (Å²) in [6, 6.07) is 3.32. The Balaban J connectivity index is 3.12. The van der Waals surface area contributed by atoms with Gasteiger partial charge in [0.05, 0.1) is 0 Å². The Bertz CT molecular complexity index is 338. The van der Waals surface area contributed by atoms with Crippen LogP contribution in [-0.2, 0) is 4.79 Å². The first-order valence-corrected chi connectivity index (χ1v) is 4.09. The Morgan fingerprint density at radius 2 is 2.23 bits per heavy atom. The summed E-state index contributed by atoms with van der Waals surface area (Å²) >= 11 is 5.64. The van der Waals surface area contributed by atoms with Gasteiger partial charge in [-0.15, -0.1) is 11.6 Å². The van der Waals surface area contributed by atoms with E-state index in [0.717, 1.165) is 12.1 Å². The Morgan fingerprint density at radius 1 is 1.62 bits per heavy atom. The smallest absolute Gasteiger partial charge is 0.152 e. The molecule has 0 aliphatic rings. The Kier molecular flexibility index (Phi) is 2.88. The zero-order valence-electron chi connectivity index (χ0n) is 6.92. The number of Topliss-reactive ketones (excluding diaryl/α,β-unsaturated/α-hetero) is 1. The highest BCUT2D eigenvalue weighted by Gasteiger charge is 2.17. The van der Waals surface area contributed by atoms with Crippen LogP contribution in [0.4, 0.5) is 4.39 Å². The Hall–Kier alpha value is -1.09. The maximum Gasteiger partial charge on any atom is 0.152 e. The van der Waals surface area contributed by atoms with Crippen molar-refractivity contribution in [2.75, 3.05) is 0 Å². The van der Waals surface area contributed by atoms with E-state index in [4.69, 9.17) is 11.6 Å². The summed E-state index contributed by atoms with van der Waals surface area (Å²) in [5.74, 6) is -1.03. The van der Waals surface area contributed by atoms with Gasteiger partial charge < -0.3 is 5.11 Å². The Labute approximate surface area is 80.0 Å². The molecule has 0 saturated heterocycles. The third-order valence-electron chi connectivity index (χ3n) is 1.62. The summed E-state index contributed by atoms with van der Waals surface area (Å²) in [5.41, 5.74) is 0.106. The largest absolute Gasteiger partial charge is 0.508 e. The van der Waals surface area contributed by atoms with Crippen LogP contribution in [0.15, 0.2) is 18.2 Å². The number of halogens is 2. The van der Waals surface area contributed by atoms with Crippen molar-refractivity contribution in [1.82, 2.24) is 0 Å². The van der Waals surface area contributed by atoms with Crippen molar-refractivity contribution in [2.45, 2.75) is 12.3 Å². The SMILES string of the molecule is CC(=O)C(Cl)c1cc(F)ccc1O. The summed E-state index contributed by atoms with van der Waals surface area (Å²) in [4.78, 5) is 10.8. The second-order valence-electron chi connectivity index (χ2n) is 2.68. The zero-order chi connectivity index (χ0) is 10.0. The van der Waals surface area contributed by atoms with E-state index < -0.39 is 11.2 Å². The predicted octanol–water partition coefficient (Wildman–Crippen LogP) is 2.40. The van der Waals surface area contributed by atoms with Crippen molar-refractivity contribution in [3.63, 3.8) is 0 Å². The number of ketones is 1. The van der Waals surface area contributed by atoms with E-state index in [1.54, 1.807) is 0 Å². The van der Waals surface area contributed by atoms with Crippen LogP contribution < -0.4 is 0 Å². The Morgan fingerprint density at radius 3 is 2.77 bits per heavy atom. The number of benzene rings is 1. The average Bonchev–Trinajstić information content (AvgIpc) is 2.08. The van der Waals surface area contributed by atoms with Gasteiger partial charge in [0.25, 0.3) is 0 Å². The number of hydrogen-bond acceptors (Lipinski definition) is 2. The van der Waals surface area contributed by atoms with E-state index in [-0.39, 0.29) is 17.1 Å². The summed E-state index contributed by atoms with van der Waals surface area (Å²) in [6.07, 6.45) is 0. The van der Waals surface area contributed by atoms with Gasteiger partial charge in [-0.2, -0.15) is 0 Å². The fourth-order valence-electron chi connectivity index (χ4n) is 0.947. The van der Waals surface area contributed by atoms with Crippen molar-refractivity contribution < 1.29 is 14.3 Å². The highest BCUT2D eigenvalue weighted by Crippen LogP contribution is 2.29. The molecule has 0 fully saturated rings. The number of carbonyl (C=O) groups is 1. The number of rotatable bonds is 2. The lowest BCUT2D eigenvalue weighted by Gasteiger charge is -2.07. The van der Waals surface area contributed by atoms with E-state index >= 15 is 0 Å². The molecule has 1 unspecified atom stereocenters. The number of phenols is 1. The molecule has 0 amide bonds. The minimum Gasteiger partial charge on any atom is -0.508 e. The van der Waals surface area contributed by atoms with Gasteiger partial charge in [0.2, 0.25) is 0 Å². The highest BCUT2D eigenvalue weighted by molar-refractivity contribution is 6.31. The first kappa shape index (κ1) is 9.99. The van der Waals surface area contributed by atoms with Gasteiger partial charge in [-0.05, 0) is 25.1 Å². The second-order valence-corrected chi connectivity index (χ2v) is 3.11. The molecule has 1 rings (SSSR count). The van der Waals surface area contributed by atoms with Crippen LogP contribution in [0.25, 0.3) is 0 Å². The lowest BCUT2D eigenvalue weighted by molar-refractivity contribution is -0.116. The maximum atomic E-state index is 12.7. The number of carbonyl (C=O) groups excluding carboxylic acids is 1. The van der Waals surface area contributed by atoms with Gasteiger partial charge >= 0.3 is 0 Å². The van der Waals surface area contributed by atoms with Crippen LogP contribution in [0, 0.1) is 5.82 Å². The number of hydrogen-bond donors (Lipinski definition) is 1. The first-order chi connectivity index (χ1) is 6.02. The zero-order valence-corrected chi connectivity index (χ0v) is 7.68. The van der Waals surface area contributed by atoms with Crippen molar-refractivity contribution in [3.05, 3.63) is 29.6 Å². The lowest BCUT2D eigenvalue weighted by Crippen LogP contribution is -2.02. The third-order valence-corrected chi connectivity index (χ3v) is 2.16. The van der Waals surface area contributed by atoms with Crippen molar-refractivity contribution in [3.8, 4) is 5.75 Å². The fourth-order valence-corrected chi connectivity index (χ4v) is 1.12. The molecule has 1 aromatic rings. The first-order valence-electron chi connectivity index (χ1n) is 3.65. The summed E-state index contributed by atoms with van der Waals surface area (Å²) < 4.78 is 12.7. The number of alkyl halides is 1. The van der Waals surface area contributed by atoms with Crippen molar-refractivity contribution >= 4 is 17.4 Å². The quantitative estimate of drug-likeness (QED) is 0.748. The number of aromatic hydroxyl groups is 1. The van der Waals surface area contributed by atoms with E-state index in [0.29, 0.717) is 0 Å². The van der Waals surface area contributed by atoms with Crippen LogP contribution in [0.3, 0.4) is 0 Å². The normalized spacial score (nSPS) is 12.5. The molecule has 0 aliphatic carbocycles. The van der Waals surface area contributed by atoms with E-state index in [2.05, 4.69) is 0 Å². The molecule has 0 saturated carbocycles. The predicted molar refractivity (Wildman–Crippen MR) is 47.3 cm³/mol.